The molecule has 2 aliphatic carbocycles. The molecule has 1 heterocycles. The summed E-state index contributed by atoms with van der Waals surface area (Å²) in [5.41, 5.74) is 20.0. The molecule has 2 heteroatoms. The number of hydrogen-bond acceptors (Lipinski definition) is 2. The van der Waals surface area contributed by atoms with E-state index in [1.165, 1.54) is 72.1 Å². The van der Waals surface area contributed by atoms with Crippen LogP contribution in [0.15, 0.2) is 199 Å². The van der Waals surface area contributed by atoms with Gasteiger partial charge in [0.05, 0.1) is 11.1 Å². The highest BCUT2D eigenvalue weighted by Gasteiger charge is 2.53. The predicted octanol–water partition coefficient (Wildman–Crippen LogP) is 14.9. The van der Waals surface area contributed by atoms with Gasteiger partial charge in [0.2, 0.25) is 0 Å². The predicted molar refractivity (Wildman–Crippen MR) is 238 cm³/mol. The van der Waals surface area contributed by atoms with Crippen molar-refractivity contribution in [2.45, 2.75) is 19.3 Å². The Hall–Kier alpha value is -7.16. The lowest BCUT2D eigenvalue weighted by atomic mass is 9.70. The van der Waals surface area contributed by atoms with Crippen LogP contribution < -0.4 is 4.90 Å². The molecule has 2 nitrogen and oxygen atoms in total. The molecule has 1 unspecified atom stereocenters. The molecule has 8 aromatic carbocycles. The monoisotopic (exact) mass is 729 g/mol. The number of rotatable bonds is 6. The van der Waals surface area contributed by atoms with Crippen molar-refractivity contribution < 1.29 is 4.42 Å². The first-order valence-corrected chi connectivity index (χ1v) is 19.8. The molecule has 0 radical (unpaired) electrons. The zero-order valence-electron chi connectivity index (χ0n) is 31.9. The van der Waals surface area contributed by atoms with Crippen molar-refractivity contribution in [2.75, 3.05) is 4.90 Å². The van der Waals surface area contributed by atoms with Crippen LogP contribution in [0.3, 0.4) is 0 Å². The summed E-state index contributed by atoms with van der Waals surface area (Å²) in [4.78, 5) is 2.45. The van der Waals surface area contributed by atoms with Gasteiger partial charge in [0, 0.05) is 27.9 Å². The highest BCUT2D eigenvalue weighted by atomic mass is 16.3. The van der Waals surface area contributed by atoms with Crippen molar-refractivity contribution in [2.24, 2.45) is 0 Å². The Morgan fingerprint density at radius 2 is 0.947 bits per heavy atom. The number of nitrogens with zero attached hydrogens (tertiary/aromatic N) is 1. The van der Waals surface area contributed by atoms with Gasteiger partial charge in [0.15, 0.2) is 0 Å². The molecule has 0 amide bonds. The van der Waals surface area contributed by atoms with E-state index in [4.69, 9.17) is 4.42 Å². The summed E-state index contributed by atoms with van der Waals surface area (Å²) in [6.07, 6.45) is 4.32. The van der Waals surface area contributed by atoms with Gasteiger partial charge in [0.1, 0.15) is 11.3 Å². The molecule has 0 N–H and O–H groups in total. The van der Waals surface area contributed by atoms with Crippen LogP contribution in [0.5, 0.6) is 0 Å². The van der Waals surface area contributed by atoms with Crippen LogP contribution in [0.4, 0.5) is 17.1 Å². The van der Waals surface area contributed by atoms with Gasteiger partial charge in [-0.05, 0) is 111 Å². The minimum absolute atomic E-state index is 0.513. The number of allylic oxidation sites excluding steroid dienone is 1. The summed E-state index contributed by atoms with van der Waals surface area (Å²) in [7, 11) is 0. The fraction of sp³-hybridized carbons (Fsp3) is 0.0545. The summed E-state index contributed by atoms with van der Waals surface area (Å²) in [6.45, 7) is 4.16. The van der Waals surface area contributed by atoms with E-state index in [1.807, 2.05) is 0 Å². The molecule has 2 aliphatic rings. The molecule has 1 spiro atoms. The van der Waals surface area contributed by atoms with Crippen molar-refractivity contribution in [3.05, 3.63) is 228 Å². The lowest BCUT2D eigenvalue weighted by molar-refractivity contribution is 0.577. The second kappa shape index (κ2) is 13.0. The third kappa shape index (κ3) is 4.84. The molecule has 0 saturated carbocycles. The zero-order chi connectivity index (χ0) is 38.1. The molecule has 11 rings (SSSR count). The molecule has 57 heavy (non-hydrogen) atoms. The van der Waals surface area contributed by atoms with E-state index < -0.39 is 5.41 Å². The lowest BCUT2D eigenvalue weighted by Gasteiger charge is -2.32. The van der Waals surface area contributed by atoms with E-state index in [9.17, 15) is 0 Å². The van der Waals surface area contributed by atoms with Crippen molar-refractivity contribution in [1.82, 2.24) is 0 Å². The molecule has 1 aromatic heterocycles. The zero-order valence-corrected chi connectivity index (χ0v) is 31.9. The standard InChI is InChI=1S/C55H39NO/c1-3-15-43-36(2)57-51-35-34-49-53(54(43)51)45-21-11-13-23-47(45)55(49)46-22-12-10-20-44(46)52-48(55)24-14-25-50(52)56(41-30-26-39(27-31-41)37-16-6-4-7-17-37)42-32-28-40(29-33-42)38-18-8-5-9-19-38/h3-35H,1-2H3/b15-3-. The van der Waals surface area contributed by atoms with Crippen LogP contribution in [-0.2, 0) is 5.41 Å². The summed E-state index contributed by atoms with van der Waals surface area (Å²) in [5, 5.41) is 1.19. The van der Waals surface area contributed by atoms with Crippen LogP contribution >= 0.6 is 0 Å². The second-order valence-corrected chi connectivity index (χ2v) is 15.1. The number of benzene rings is 8. The summed E-state index contributed by atoms with van der Waals surface area (Å²) in [5.74, 6) is 0.941. The first kappa shape index (κ1) is 33.2. The minimum Gasteiger partial charge on any atom is -0.461 e. The molecule has 0 saturated heterocycles. The van der Waals surface area contributed by atoms with E-state index in [-0.39, 0.29) is 0 Å². The molecule has 0 aliphatic heterocycles. The van der Waals surface area contributed by atoms with Crippen LogP contribution in [0.2, 0.25) is 0 Å². The molecule has 0 bridgehead atoms. The molecule has 270 valence electrons. The van der Waals surface area contributed by atoms with Crippen molar-refractivity contribution in [3.8, 4) is 44.5 Å². The van der Waals surface area contributed by atoms with Crippen molar-refractivity contribution in [1.29, 1.82) is 0 Å². The van der Waals surface area contributed by atoms with Gasteiger partial charge in [-0.1, -0.05) is 164 Å². The molecule has 0 fully saturated rings. The van der Waals surface area contributed by atoms with Crippen LogP contribution in [0, 0.1) is 6.92 Å². The Balaban J connectivity index is 1.18. The molecular weight excluding hydrogens is 691 g/mol. The van der Waals surface area contributed by atoms with Gasteiger partial charge >= 0.3 is 0 Å². The van der Waals surface area contributed by atoms with Crippen LogP contribution in [0.1, 0.15) is 40.5 Å². The quantitative estimate of drug-likeness (QED) is 0.169. The molecule has 9 aromatic rings. The fourth-order valence-corrected chi connectivity index (χ4v) is 9.83. The Morgan fingerprint density at radius 1 is 0.456 bits per heavy atom. The van der Waals surface area contributed by atoms with Gasteiger partial charge in [-0.3, -0.25) is 0 Å². The number of aryl methyl sites for hydroxylation is 1. The Morgan fingerprint density at radius 3 is 1.53 bits per heavy atom. The Bertz CT molecular complexity index is 2930. The third-order valence-electron chi connectivity index (χ3n) is 12.2. The SMILES string of the molecule is C/C=C\c1c(C)oc2ccc3c(c12)-c1ccccc1C31c2ccccc2-c2c(N(c3ccc(-c4ccccc4)cc3)c3ccc(-c4ccccc4)cc3)cccc21. The van der Waals surface area contributed by atoms with Gasteiger partial charge in [-0.25, -0.2) is 0 Å². The van der Waals surface area contributed by atoms with Gasteiger partial charge in [-0.2, -0.15) is 0 Å². The van der Waals surface area contributed by atoms with Gasteiger partial charge < -0.3 is 9.32 Å². The first-order chi connectivity index (χ1) is 28.2. The maximum Gasteiger partial charge on any atom is 0.135 e. The fourth-order valence-electron chi connectivity index (χ4n) is 9.83. The number of fused-ring (bicyclic) bond motifs is 12. The summed E-state index contributed by atoms with van der Waals surface area (Å²) < 4.78 is 6.45. The second-order valence-electron chi connectivity index (χ2n) is 15.1. The maximum absolute atomic E-state index is 6.45. The molecule has 1 atom stereocenters. The van der Waals surface area contributed by atoms with E-state index in [1.54, 1.807) is 0 Å². The Labute approximate surface area is 333 Å². The average molecular weight is 730 g/mol. The highest BCUT2D eigenvalue weighted by Crippen LogP contribution is 2.66. The molecular formula is C55H39NO. The topological polar surface area (TPSA) is 16.4 Å². The lowest BCUT2D eigenvalue weighted by Crippen LogP contribution is -2.26. The number of hydrogen-bond donors (Lipinski definition) is 0. The maximum atomic E-state index is 6.45. The smallest absolute Gasteiger partial charge is 0.135 e. The summed E-state index contributed by atoms with van der Waals surface area (Å²) >= 11 is 0. The van der Waals surface area contributed by atoms with E-state index in [0.717, 1.165) is 34.0 Å². The minimum atomic E-state index is -0.513. The van der Waals surface area contributed by atoms with E-state index in [2.05, 4.69) is 219 Å². The Kier molecular flexibility index (Phi) is 7.55. The number of anilines is 3. The average Bonchev–Trinajstić information content (AvgIpc) is 3.88. The number of furan rings is 1. The first-order valence-electron chi connectivity index (χ1n) is 19.8. The largest absolute Gasteiger partial charge is 0.461 e. The third-order valence-corrected chi connectivity index (χ3v) is 12.2. The van der Waals surface area contributed by atoms with Crippen LogP contribution in [-0.4, -0.2) is 0 Å². The van der Waals surface area contributed by atoms with Crippen LogP contribution in [0.25, 0.3) is 61.6 Å². The normalized spacial score (nSPS) is 14.8. The van der Waals surface area contributed by atoms with E-state index >= 15 is 0 Å². The van der Waals surface area contributed by atoms with Crippen molar-refractivity contribution >= 4 is 34.1 Å². The van der Waals surface area contributed by atoms with Gasteiger partial charge in [0.25, 0.3) is 0 Å². The van der Waals surface area contributed by atoms with Gasteiger partial charge in [-0.15, -0.1) is 0 Å². The highest BCUT2D eigenvalue weighted by molar-refractivity contribution is 6.09. The summed E-state index contributed by atoms with van der Waals surface area (Å²) in [6, 6.07) is 68.9. The van der Waals surface area contributed by atoms with E-state index in [0.29, 0.717) is 0 Å². The van der Waals surface area contributed by atoms with Crippen molar-refractivity contribution in [3.63, 3.8) is 0 Å².